The molecule has 0 saturated carbocycles. The largest absolute Gasteiger partial charge is 0.300 e. The number of halogens is 1. The first-order valence-electron chi connectivity index (χ1n) is 8.67. The highest BCUT2D eigenvalue weighted by Crippen LogP contribution is 2.34. The van der Waals surface area contributed by atoms with E-state index in [4.69, 9.17) is 0 Å². The summed E-state index contributed by atoms with van der Waals surface area (Å²) >= 11 is 3.33. The van der Waals surface area contributed by atoms with Crippen molar-refractivity contribution in [1.29, 1.82) is 0 Å². The van der Waals surface area contributed by atoms with Gasteiger partial charge in [-0.05, 0) is 40.2 Å². The van der Waals surface area contributed by atoms with Crippen LogP contribution in [-0.2, 0) is 14.8 Å². The Kier molecular flexibility index (Phi) is 5.04. The molecule has 2 aromatic rings. The molecule has 2 aliphatic rings. The number of aromatic nitrogens is 1. The maximum atomic E-state index is 12.7. The molecular weight excluding hydrogens is 448 g/mol. The van der Waals surface area contributed by atoms with Gasteiger partial charge in [-0.15, -0.1) is 0 Å². The molecule has 0 atom stereocenters. The second kappa shape index (κ2) is 7.36. The zero-order chi connectivity index (χ0) is 19.9. The van der Waals surface area contributed by atoms with Crippen molar-refractivity contribution in [3.63, 3.8) is 0 Å². The number of hydrogen-bond donors (Lipinski definition) is 0. The summed E-state index contributed by atoms with van der Waals surface area (Å²) in [5.41, 5.74) is 0.958. The molecule has 8 nitrogen and oxygen atoms in total. The van der Waals surface area contributed by atoms with Crippen LogP contribution in [0.4, 0.5) is 5.69 Å². The molecule has 0 unspecified atom stereocenters. The van der Waals surface area contributed by atoms with E-state index < -0.39 is 21.7 Å². The van der Waals surface area contributed by atoms with Crippen LogP contribution in [0.25, 0.3) is 0 Å². The average molecular weight is 465 g/mol. The molecule has 10 heteroatoms. The standard InChI is InChI=1S/C18H17BrN4O4S/c19-14-4-1-5-15-16(14)17(24)18(25)23(15)12-21-7-9-22(10-8-21)28(26,27)13-3-2-6-20-11-13/h1-6,11H,7-10,12H2. The Bertz CT molecular complexity index is 1040. The molecule has 1 amide bonds. The molecule has 1 saturated heterocycles. The van der Waals surface area contributed by atoms with Gasteiger partial charge in [0.25, 0.3) is 5.78 Å². The minimum absolute atomic E-state index is 0.169. The van der Waals surface area contributed by atoms with E-state index in [2.05, 4.69) is 20.9 Å². The van der Waals surface area contributed by atoms with Crippen molar-refractivity contribution < 1.29 is 18.0 Å². The smallest absolute Gasteiger partial charge is 0.291 e. The molecule has 0 N–H and O–H groups in total. The lowest BCUT2D eigenvalue weighted by Gasteiger charge is -2.35. The summed E-state index contributed by atoms with van der Waals surface area (Å²) < 4.78 is 27.4. The van der Waals surface area contributed by atoms with Gasteiger partial charge in [0.2, 0.25) is 10.0 Å². The lowest BCUT2D eigenvalue weighted by molar-refractivity contribution is -0.114. The van der Waals surface area contributed by atoms with E-state index in [0.717, 1.165) is 0 Å². The topological polar surface area (TPSA) is 90.9 Å². The number of sulfonamides is 1. The summed E-state index contributed by atoms with van der Waals surface area (Å²) in [5.74, 6) is -1.09. The third-order valence-electron chi connectivity index (χ3n) is 4.89. The van der Waals surface area contributed by atoms with E-state index in [9.17, 15) is 18.0 Å². The Hall–Kier alpha value is -2.14. The molecule has 28 heavy (non-hydrogen) atoms. The van der Waals surface area contributed by atoms with Gasteiger partial charge in [0.05, 0.1) is 17.9 Å². The monoisotopic (exact) mass is 464 g/mol. The van der Waals surface area contributed by atoms with Crippen LogP contribution < -0.4 is 4.90 Å². The van der Waals surface area contributed by atoms with Gasteiger partial charge in [-0.3, -0.25) is 24.4 Å². The fourth-order valence-electron chi connectivity index (χ4n) is 3.40. The van der Waals surface area contributed by atoms with E-state index in [1.165, 1.54) is 27.7 Å². The quantitative estimate of drug-likeness (QED) is 0.634. The zero-order valence-corrected chi connectivity index (χ0v) is 17.2. The van der Waals surface area contributed by atoms with Crippen LogP contribution in [0.15, 0.2) is 52.1 Å². The van der Waals surface area contributed by atoms with Crippen molar-refractivity contribution >= 4 is 43.3 Å². The summed E-state index contributed by atoms with van der Waals surface area (Å²) in [7, 11) is -3.58. The molecular formula is C18H17BrN4O4S. The van der Waals surface area contributed by atoms with Crippen LogP contribution in [0.5, 0.6) is 0 Å². The number of rotatable bonds is 4. The summed E-state index contributed by atoms with van der Waals surface area (Å²) in [6, 6.07) is 8.37. The Morgan fingerprint density at radius 3 is 2.46 bits per heavy atom. The number of nitrogens with zero attached hydrogens (tertiary/aromatic N) is 4. The van der Waals surface area contributed by atoms with Crippen LogP contribution in [0.1, 0.15) is 10.4 Å². The Balaban J connectivity index is 1.45. The number of anilines is 1. The Morgan fingerprint density at radius 1 is 1.04 bits per heavy atom. The first-order chi connectivity index (χ1) is 13.4. The molecule has 4 rings (SSSR count). The van der Waals surface area contributed by atoms with Gasteiger partial charge in [0.15, 0.2) is 0 Å². The number of hydrogen-bond acceptors (Lipinski definition) is 6. The van der Waals surface area contributed by atoms with Gasteiger partial charge in [-0.2, -0.15) is 4.31 Å². The van der Waals surface area contributed by atoms with Crippen LogP contribution >= 0.6 is 15.9 Å². The van der Waals surface area contributed by atoms with Crippen molar-refractivity contribution in [2.24, 2.45) is 0 Å². The molecule has 2 aliphatic heterocycles. The molecule has 146 valence electrons. The fraction of sp³-hybridized carbons (Fsp3) is 0.278. The second-order valence-corrected chi connectivity index (χ2v) is 9.34. The summed E-state index contributed by atoms with van der Waals surface area (Å²) in [5, 5.41) is 0. The number of Topliss-reactive ketones (excluding diaryl/α,β-unsaturated/α-hetero) is 1. The lowest BCUT2D eigenvalue weighted by Crippen LogP contribution is -2.52. The van der Waals surface area contributed by atoms with Gasteiger partial charge < -0.3 is 0 Å². The van der Waals surface area contributed by atoms with Crippen molar-refractivity contribution in [3.05, 3.63) is 52.8 Å². The molecule has 3 heterocycles. The highest BCUT2D eigenvalue weighted by Gasteiger charge is 2.39. The number of carbonyl (C=O) groups is 2. The second-order valence-electron chi connectivity index (χ2n) is 6.55. The molecule has 0 radical (unpaired) electrons. The molecule has 0 aliphatic carbocycles. The van der Waals surface area contributed by atoms with Gasteiger partial charge in [0.1, 0.15) is 4.90 Å². The maximum absolute atomic E-state index is 12.7. The number of benzene rings is 1. The molecule has 0 bridgehead atoms. The van der Waals surface area contributed by atoms with Crippen molar-refractivity contribution in [1.82, 2.24) is 14.2 Å². The normalized spacial score (nSPS) is 18.5. The Morgan fingerprint density at radius 2 is 1.79 bits per heavy atom. The lowest BCUT2D eigenvalue weighted by atomic mass is 10.1. The average Bonchev–Trinajstić information content (AvgIpc) is 2.95. The van der Waals surface area contributed by atoms with E-state index in [0.29, 0.717) is 41.9 Å². The number of carbonyl (C=O) groups excluding carboxylic acids is 2. The van der Waals surface area contributed by atoms with Crippen molar-refractivity contribution in [3.8, 4) is 0 Å². The predicted molar refractivity (Wildman–Crippen MR) is 105 cm³/mol. The van der Waals surface area contributed by atoms with Crippen molar-refractivity contribution in [2.45, 2.75) is 4.90 Å². The molecule has 1 fully saturated rings. The maximum Gasteiger partial charge on any atom is 0.300 e. The van der Waals surface area contributed by atoms with Crippen LogP contribution in [-0.4, -0.2) is 67.1 Å². The molecule has 0 spiro atoms. The summed E-state index contributed by atoms with van der Waals surface area (Å²) in [6.07, 6.45) is 2.87. The van der Waals surface area contributed by atoms with Crippen LogP contribution in [0.3, 0.4) is 0 Å². The molecule has 1 aromatic carbocycles. The summed E-state index contributed by atoms with van der Waals surface area (Å²) in [4.78, 5) is 32.2. The first kappa shape index (κ1) is 19.2. The minimum Gasteiger partial charge on any atom is -0.291 e. The predicted octanol–water partition coefficient (Wildman–Crippen LogP) is 1.34. The van der Waals surface area contributed by atoms with E-state index in [1.54, 1.807) is 24.3 Å². The number of fused-ring (bicyclic) bond motifs is 1. The zero-order valence-electron chi connectivity index (χ0n) is 14.8. The number of ketones is 1. The van der Waals surface area contributed by atoms with Crippen LogP contribution in [0, 0.1) is 0 Å². The Labute approximate surface area is 170 Å². The first-order valence-corrected chi connectivity index (χ1v) is 10.9. The van der Waals surface area contributed by atoms with Crippen LogP contribution in [0.2, 0.25) is 0 Å². The SMILES string of the molecule is O=C1C(=O)N(CN2CCN(S(=O)(=O)c3cccnc3)CC2)c2cccc(Br)c21. The van der Waals surface area contributed by atoms with E-state index in [1.807, 2.05) is 4.90 Å². The minimum atomic E-state index is -3.58. The third-order valence-corrected chi connectivity index (χ3v) is 7.44. The highest BCUT2D eigenvalue weighted by atomic mass is 79.9. The van der Waals surface area contributed by atoms with Gasteiger partial charge in [-0.1, -0.05) is 6.07 Å². The third kappa shape index (κ3) is 3.26. The van der Waals surface area contributed by atoms with Crippen molar-refractivity contribution in [2.75, 3.05) is 37.7 Å². The summed E-state index contributed by atoms with van der Waals surface area (Å²) in [6.45, 7) is 1.77. The van der Waals surface area contributed by atoms with Gasteiger partial charge >= 0.3 is 5.91 Å². The van der Waals surface area contributed by atoms with E-state index in [-0.39, 0.29) is 11.6 Å². The number of pyridine rings is 1. The van der Waals surface area contributed by atoms with E-state index >= 15 is 0 Å². The number of amides is 1. The molecule has 1 aromatic heterocycles. The fourth-order valence-corrected chi connectivity index (χ4v) is 5.32. The number of piperazine rings is 1. The van der Waals surface area contributed by atoms with Gasteiger partial charge in [-0.25, -0.2) is 8.42 Å². The van der Waals surface area contributed by atoms with Gasteiger partial charge in [0, 0.05) is 43.0 Å². The highest BCUT2D eigenvalue weighted by molar-refractivity contribution is 9.10.